The van der Waals surface area contributed by atoms with Gasteiger partial charge in [0, 0.05) is 34.9 Å². The van der Waals surface area contributed by atoms with Crippen LogP contribution in [-0.4, -0.2) is 4.98 Å². The molecular formula is C18H18N2O. The molecule has 0 saturated heterocycles. The fourth-order valence-corrected chi connectivity index (χ4v) is 2.42. The molecular weight excluding hydrogens is 260 g/mol. The van der Waals surface area contributed by atoms with Crippen LogP contribution in [0.1, 0.15) is 24.1 Å². The highest BCUT2D eigenvalue weighted by Crippen LogP contribution is 2.33. The van der Waals surface area contributed by atoms with Crippen molar-refractivity contribution in [1.29, 1.82) is 0 Å². The second kappa shape index (κ2) is 5.94. The molecule has 21 heavy (non-hydrogen) atoms. The van der Waals surface area contributed by atoms with Crippen LogP contribution in [0.15, 0.2) is 60.9 Å². The Balaban J connectivity index is 2.00. The first-order valence-corrected chi connectivity index (χ1v) is 7.04. The third-order valence-corrected chi connectivity index (χ3v) is 3.51. The maximum atomic E-state index is 6.08. The van der Waals surface area contributed by atoms with Crippen molar-refractivity contribution in [3.8, 4) is 5.75 Å². The lowest BCUT2D eigenvalue weighted by Crippen LogP contribution is -2.08. The van der Waals surface area contributed by atoms with E-state index in [0.717, 1.165) is 27.6 Å². The molecule has 0 spiro atoms. The van der Waals surface area contributed by atoms with Crippen LogP contribution in [0.5, 0.6) is 5.75 Å². The largest absolute Gasteiger partial charge is 0.488 e. The Morgan fingerprint density at radius 2 is 1.95 bits per heavy atom. The molecule has 0 aliphatic heterocycles. The van der Waals surface area contributed by atoms with Gasteiger partial charge >= 0.3 is 0 Å². The van der Waals surface area contributed by atoms with E-state index in [1.165, 1.54) is 0 Å². The Morgan fingerprint density at radius 1 is 1.10 bits per heavy atom. The molecule has 3 nitrogen and oxygen atoms in total. The van der Waals surface area contributed by atoms with Gasteiger partial charge in [0.15, 0.2) is 0 Å². The van der Waals surface area contributed by atoms with Crippen LogP contribution in [-0.2, 0) is 6.61 Å². The fraction of sp³-hybridized carbons (Fsp3) is 0.167. The zero-order valence-corrected chi connectivity index (χ0v) is 12.0. The minimum atomic E-state index is -0.0708. The average molecular weight is 278 g/mol. The van der Waals surface area contributed by atoms with Crippen molar-refractivity contribution in [2.24, 2.45) is 5.73 Å². The van der Waals surface area contributed by atoms with Crippen molar-refractivity contribution in [1.82, 2.24) is 4.98 Å². The van der Waals surface area contributed by atoms with Crippen LogP contribution < -0.4 is 10.5 Å². The molecule has 1 aromatic heterocycles. The van der Waals surface area contributed by atoms with E-state index in [4.69, 9.17) is 10.5 Å². The standard InChI is InChI=1S/C18H18N2O/c1-13(19)16-9-8-15-6-2-3-7-17(15)18(16)21-12-14-5-4-10-20-11-14/h2-11,13H,12,19H2,1H3/t13-/m0/s1. The predicted octanol–water partition coefficient (Wildman–Crippen LogP) is 3.83. The van der Waals surface area contributed by atoms with Gasteiger partial charge in [0.25, 0.3) is 0 Å². The molecule has 0 aliphatic rings. The van der Waals surface area contributed by atoms with Gasteiger partial charge in [-0.05, 0) is 18.4 Å². The molecule has 0 saturated carbocycles. The van der Waals surface area contributed by atoms with E-state index in [-0.39, 0.29) is 6.04 Å². The molecule has 2 N–H and O–H groups in total. The molecule has 0 fully saturated rings. The van der Waals surface area contributed by atoms with Crippen molar-refractivity contribution in [3.63, 3.8) is 0 Å². The first-order valence-electron chi connectivity index (χ1n) is 7.04. The summed E-state index contributed by atoms with van der Waals surface area (Å²) in [5, 5.41) is 2.25. The maximum Gasteiger partial charge on any atom is 0.132 e. The number of nitrogens with zero attached hydrogens (tertiary/aromatic N) is 1. The number of nitrogens with two attached hydrogens (primary N) is 1. The lowest BCUT2D eigenvalue weighted by Gasteiger charge is -2.16. The lowest BCUT2D eigenvalue weighted by molar-refractivity contribution is 0.305. The molecule has 1 heterocycles. The summed E-state index contributed by atoms with van der Waals surface area (Å²) in [5.74, 6) is 0.868. The van der Waals surface area contributed by atoms with Gasteiger partial charge in [-0.1, -0.05) is 42.5 Å². The van der Waals surface area contributed by atoms with E-state index >= 15 is 0 Å². The highest BCUT2D eigenvalue weighted by Gasteiger charge is 2.12. The van der Waals surface area contributed by atoms with Crippen LogP contribution in [0.4, 0.5) is 0 Å². The predicted molar refractivity (Wildman–Crippen MR) is 85.1 cm³/mol. The van der Waals surface area contributed by atoms with Crippen LogP contribution >= 0.6 is 0 Å². The number of pyridine rings is 1. The van der Waals surface area contributed by atoms with Gasteiger partial charge in [-0.25, -0.2) is 0 Å². The van der Waals surface area contributed by atoms with Crippen LogP contribution in [0, 0.1) is 0 Å². The monoisotopic (exact) mass is 278 g/mol. The molecule has 3 rings (SSSR count). The van der Waals surface area contributed by atoms with Gasteiger partial charge in [0.05, 0.1) is 0 Å². The lowest BCUT2D eigenvalue weighted by atomic mass is 10.0. The Kier molecular flexibility index (Phi) is 3.84. The number of ether oxygens (including phenoxy) is 1. The Morgan fingerprint density at radius 3 is 2.71 bits per heavy atom. The van der Waals surface area contributed by atoms with Crippen molar-refractivity contribution in [2.45, 2.75) is 19.6 Å². The van der Waals surface area contributed by atoms with Gasteiger partial charge in [-0.2, -0.15) is 0 Å². The summed E-state index contributed by atoms with van der Waals surface area (Å²) in [6.07, 6.45) is 3.57. The number of hydrogen-bond donors (Lipinski definition) is 1. The van der Waals surface area contributed by atoms with E-state index in [0.29, 0.717) is 6.61 Å². The molecule has 106 valence electrons. The van der Waals surface area contributed by atoms with E-state index in [1.54, 1.807) is 6.20 Å². The van der Waals surface area contributed by atoms with Crippen LogP contribution in [0.25, 0.3) is 10.8 Å². The van der Waals surface area contributed by atoms with Crippen molar-refractivity contribution in [3.05, 3.63) is 72.1 Å². The second-order valence-electron chi connectivity index (χ2n) is 5.14. The summed E-state index contributed by atoms with van der Waals surface area (Å²) in [6.45, 7) is 2.46. The van der Waals surface area contributed by atoms with Crippen molar-refractivity contribution < 1.29 is 4.74 Å². The first-order chi connectivity index (χ1) is 10.3. The molecule has 2 aromatic carbocycles. The first kappa shape index (κ1) is 13.6. The van der Waals surface area contributed by atoms with Crippen molar-refractivity contribution >= 4 is 10.8 Å². The summed E-state index contributed by atoms with van der Waals surface area (Å²) in [6, 6.07) is 16.2. The van der Waals surface area contributed by atoms with Gasteiger partial charge in [-0.3, -0.25) is 4.98 Å². The molecule has 0 aliphatic carbocycles. The second-order valence-corrected chi connectivity index (χ2v) is 5.14. The summed E-state index contributed by atoms with van der Waals surface area (Å²) in [4.78, 5) is 4.11. The van der Waals surface area contributed by atoms with E-state index in [1.807, 2.05) is 43.5 Å². The zero-order chi connectivity index (χ0) is 14.7. The molecule has 3 aromatic rings. The Labute approximate surface area is 124 Å². The maximum absolute atomic E-state index is 6.08. The molecule has 3 heteroatoms. The number of benzene rings is 2. The molecule has 0 unspecified atom stereocenters. The van der Waals surface area contributed by atoms with Gasteiger partial charge < -0.3 is 10.5 Å². The normalized spacial score (nSPS) is 12.3. The molecule has 0 amide bonds. The third kappa shape index (κ3) is 2.88. The number of fused-ring (bicyclic) bond motifs is 1. The SMILES string of the molecule is C[C@H](N)c1ccc2ccccc2c1OCc1cccnc1. The third-order valence-electron chi connectivity index (χ3n) is 3.51. The van der Waals surface area contributed by atoms with Crippen LogP contribution in [0.2, 0.25) is 0 Å². The molecule has 1 atom stereocenters. The Hall–Kier alpha value is -2.39. The number of aromatic nitrogens is 1. The molecule has 0 radical (unpaired) electrons. The highest BCUT2D eigenvalue weighted by molar-refractivity contribution is 5.89. The minimum absolute atomic E-state index is 0.0708. The number of rotatable bonds is 4. The zero-order valence-electron chi connectivity index (χ0n) is 12.0. The van der Waals surface area contributed by atoms with Gasteiger partial charge in [0.1, 0.15) is 12.4 Å². The average Bonchev–Trinajstić information content (AvgIpc) is 2.53. The van der Waals surface area contributed by atoms with Gasteiger partial charge in [0.2, 0.25) is 0 Å². The quantitative estimate of drug-likeness (QED) is 0.789. The van der Waals surface area contributed by atoms with E-state index in [2.05, 4.69) is 23.2 Å². The topological polar surface area (TPSA) is 48.1 Å². The van der Waals surface area contributed by atoms with Crippen molar-refractivity contribution in [2.75, 3.05) is 0 Å². The van der Waals surface area contributed by atoms with E-state index in [9.17, 15) is 0 Å². The Bertz CT molecular complexity index is 739. The minimum Gasteiger partial charge on any atom is -0.488 e. The highest BCUT2D eigenvalue weighted by atomic mass is 16.5. The summed E-state index contributed by atoms with van der Waals surface area (Å²) >= 11 is 0. The van der Waals surface area contributed by atoms with Crippen LogP contribution in [0.3, 0.4) is 0 Å². The number of hydrogen-bond acceptors (Lipinski definition) is 3. The van der Waals surface area contributed by atoms with E-state index < -0.39 is 0 Å². The molecule has 0 bridgehead atoms. The summed E-state index contributed by atoms with van der Waals surface area (Å²) < 4.78 is 6.08. The fourth-order valence-electron chi connectivity index (χ4n) is 2.42. The van der Waals surface area contributed by atoms with Gasteiger partial charge in [-0.15, -0.1) is 0 Å². The summed E-state index contributed by atoms with van der Waals surface area (Å²) in [7, 11) is 0. The smallest absolute Gasteiger partial charge is 0.132 e. The summed E-state index contributed by atoms with van der Waals surface area (Å²) in [5.41, 5.74) is 8.15.